The van der Waals surface area contributed by atoms with Crippen LogP contribution in [-0.2, 0) is 4.79 Å². The van der Waals surface area contributed by atoms with Gasteiger partial charge >= 0.3 is 5.97 Å². The van der Waals surface area contributed by atoms with Crippen molar-refractivity contribution in [3.8, 4) is 5.75 Å². The minimum atomic E-state index is -0.746. The number of rotatable bonds is 12. The number of aromatic nitrogens is 1. The molecule has 1 saturated heterocycles. The third-order valence-corrected chi connectivity index (χ3v) is 9.52. The highest BCUT2D eigenvalue weighted by Gasteiger charge is 2.31. The number of likely N-dealkylation sites (tertiary alicyclic amines) is 1. The number of piperidine rings is 1. The molecule has 0 amide bonds. The molecule has 9 heteroatoms. The van der Waals surface area contributed by atoms with E-state index in [0.717, 1.165) is 71.2 Å². The van der Waals surface area contributed by atoms with Crippen LogP contribution in [-0.4, -0.2) is 58.6 Å². The summed E-state index contributed by atoms with van der Waals surface area (Å²) in [6.07, 6.45) is 4.69. The van der Waals surface area contributed by atoms with E-state index >= 15 is 0 Å². The third kappa shape index (κ3) is 7.35. The fraction of sp³-hybridized carbons (Fsp3) is 0.481. The minimum Gasteiger partial charge on any atom is -0.497 e. The first-order chi connectivity index (χ1) is 17.4. The number of aliphatic carboxylic acids is 1. The van der Waals surface area contributed by atoms with Crippen molar-refractivity contribution < 1.29 is 19.7 Å². The van der Waals surface area contributed by atoms with Gasteiger partial charge in [-0.2, -0.15) is 0 Å². The van der Waals surface area contributed by atoms with Crippen LogP contribution in [0, 0.1) is 11.8 Å². The van der Waals surface area contributed by atoms with Crippen molar-refractivity contribution in [2.24, 2.45) is 11.8 Å². The van der Waals surface area contributed by atoms with Crippen LogP contribution < -0.4 is 4.74 Å². The average Bonchev–Trinajstić information content (AvgIpc) is 3.29. The second-order valence-electron chi connectivity index (χ2n) is 9.34. The topological polar surface area (TPSA) is 82.9 Å². The molecule has 3 heterocycles. The predicted molar refractivity (Wildman–Crippen MR) is 147 cm³/mol. The maximum absolute atomic E-state index is 11.6. The Balaban J connectivity index is 1.31. The number of halogens is 1. The monoisotopic (exact) mass is 548 g/mol. The Morgan fingerprint density at radius 1 is 1.31 bits per heavy atom. The van der Waals surface area contributed by atoms with Crippen LogP contribution in [0.15, 0.2) is 46.8 Å². The normalized spacial score (nSPS) is 19.4. The Bertz CT molecular complexity index is 1160. The maximum Gasteiger partial charge on any atom is 0.303 e. The van der Waals surface area contributed by atoms with Gasteiger partial charge in [0.2, 0.25) is 0 Å². The molecule has 36 heavy (non-hydrogen) atoms. The van der Waals surface area contributed by atoms with Gasteiger partial charge in [-0.05, 0) is 92.6 Å². The number of fused-ring (bicyclic) bond motifs is 1. The Morgan fingerprint density at radius 3 is 2.92 bits per heavy atom. The lowest BCUT2D eigenvalue weighted by Crippen LogP contribution is -2.42. The number of carboxylic acids is 1. The van der Waals surface area contributed by atoms with Gasteiger partial charge in [0.05, 0.1) is 27.3 Å². The minimum absolute atomic E-state index is 0.0986. The van der Waals surface area contributed by atoms with Crippen LogP contribution in [0.4, 0.5) is 0 Å². The van der Waals surface area contributed by atoms with Crippen LogP contribution in [0.25, 0.3) is 10.9 Å². The number of aliphatic hydroxyl groups is 1. The molecule has 3 atom stereocenters. The maximum atomic E-state index is 11.6. The van der Waals surface area contributed by atoms with E-state index in [0.29, 0.717) is 6.42 Å². The summed E-state index contributed by atoms with van der Waals surface area (Å²) >= 11 is 9.45. The third-order valence-electron chi connectivity index (χ3n) is 6.98. The number of ether oxygens (including phenoxy) is 1. The van der Waals surface area contributed by atoms with Gasteiger partial charge in [0.25, 0.3) is 0 Å². The summed E-state index contributed by atoms with van der Waals surface area (Å²) in [6.45, 7) is 2.75. The van der Waals surface area contributed by atoms with Crippen LogP contribution in [0.1, 0.15) is 43.8 Å². The molecule has 1 aliphatic rings. The first-order valence-corrected chi connectivity index (χ1v) is 14.5. The molecule has 1 aromatic carbocycles. The first kappa shape index (κ1) is 27.2. The summed E-state index contributed by atoms with van der Waals surface area (Å²) in [7, 11) is 1.63. The number of thiophene rings is 1. The lowest BCUT2D eigenvalue weighted by molar-refractivity contribution is -0.139. The molecular weight excluding hydrogens is 516 g/mol. The summed E-state index contributed by atoms with van der Waals surface area (Å²) in [5, 5.41) is 21.5. The summed E-state index contributed by atoms with van der Waals surface area (Å²) in [5.74, 6) is 1.40. The number of thioether (sulfide) groups is 1. The van der Waals surface area contributed by atoms with Crippen molar-refractivity contribution in [2.75, 3.05) is 32.5 Å². The highest BCUT2D eigenvalue weighted by atomic mass is 35.5. The van der Waals surface area contributed by atoms with E-state index in [1.54, 1.807) is 24.6 Å². The summed E-state index contributed by atoms with van der Waals surface area (Å²) < 4.78 is 7.41. The van der Waals surface area contributed by atoms with Gasteiger partial charge in [0.1, 0.15) is 5.75 Å². The van der Waals surface area contributed by atoms with E-state index in [-0.39, 0.29) is 18.3 Å². The number of hydrogen-bond acceptors (Lipinski definition) is 7. The van der Waals surface area contributed by atoms with E-state index in [1.807, 2.05) is 42.1 Å². The molecule has 0 aliphatic carbocycles. The van der Waals surface area contributed by atoms with Crippen LogP contribution in [0.2, 0.25) is 4.34 Å². The van der Waals surface area contributed by atoms with Crippen molar-refractivity contribution in [3.63, 3.8) is 0 Å². The molecule has 1 fully saturated rings. The molecule has 1 aliphatic heterocycles. The van der Waals surface area contributed by atoms with Crippen LogP contribution in [0.3, 0.4) is 0 Å². The molecule has 6 nitrogen and oxygen atoms in total. The molecule has 194 valence electrons. The van der Waals surface area contributed by atoms with Crippen molar-refractivity contribution in [2.45, 2.75) is 42.4 Å². The molecule has 0 radical (unpaired) electrons. The fourth-order valence-electron chi connectivity index (χ4n) is 5.12. The number of carbonyl (C=O) groups is 1. The van der Waals surface area contributed by atoms with Gasteiger partial charge in [-0.3, -0.25) is 9.78 Å². The standard InChI is InChI=1S/C27H33ClN2O4S2/c1-34-20-4-5-23-22(16-20)21(9-11-29-23)24(31)6-3-18-10-13-30(17-19(18)15-26(32)33)12-2-14-35-27-8-7-25(28)36-27/h4-5,7-9,11,16,18-19,24,31H,2-3,6,10,12-15,17H2,1H3,(H,32,33)/t18-,19+,24+/m1/s1. The zero-order chi connectivity index (χ0) is 25.5. The number of aliphatic hydroxyl groups excluding tert-OH is 1. The van der Waals surface area contributed by atoms with Gasteiger partial charge in [0.15, 0.2) is 0 Å². The lowest BCUT2D eigenvalue weighted by atomic mass is 9.79. The molecule has 4 rings (SSSR count). The Morgan fingerprint density at radius 2 is 2.17 bits per heavy atom. The lowest BCUT2D eigenvalue weighted by Gasteiger charge is -2.38. The number of pyridine rings is 1. The second-order valence-corrected chi connectivity index (χ2v) is 12.5. The molecule has 3 aromatic rings. The van der Waals surface area contributed by atoms with E-state index in [4.69, 9.17) is 16.3 Å². The first-order valence-electron chi connectivity index (χ1n) is 12.4. The van der Waals surface area contributed by atoms with Gasteiger partial charge in [0, 0.05) is 30.3 Å². The van der Waals surface area contributed by atoms with Crippen LogP contribution >= 0.6 is 34.7 Å². The summed E-state index contributed by atoms with van der Waals surface area (Å²) in [6, 6.07) is 11.5. The van der Waals surface area contributed by atoms with Crippen molar-refractivity contribution >= 4 is 51.6 Å². The molecule has 0 spiro atoms. The zero-order valence-corrected chi connectivity index (χ0v) is 22.8. The van der Waals surface area contributed by atoms with Crippen molar-refractivity contribution in [1.82, 2.24) is 9.88 Å². The largest absolute Gasteiger partial charge is 0.497 e. The highest BCUT2D eigenvalue weighted by molar-refractivity contribution is 8.01. The van der Waals surface area contributed by atoms with Crippen LogP contribution in [0.5, 0.6) is 5.75 Å². The van der Waals surface area contributed by atoms with Gasteiger partial charge in [-0.1, -0.05) is 11.6 Å². The van der Waals surface area contributed by atoms with E-state index < -0.39 is 12.1 Å². The summed E-state index contributed by atoms with van der Waals surface area (Å²) in [5.41, 5.74) is 1.67. The van der Waals surface area contributed by atoms with Gasteiger partial charge in [-0.15, -0.1) is 23.1 Å². The Labute approximate surface area is 225 Å². The zero-order valence-electron chi connectivity index (χ0n) is 20.4. The predicted octanol–water partition coefficient (Wildman–Crippen LogP) is 6.37. The number of hydrogen-bond donors (Lipinski definition) is 2. The van der Waals surface area contributed by atoms with E-state index in [9.17, 15) is 15.0 Å². The van der Waals surface area contributed by atoms with Gasteiger partial charge in [-0.25, -0.2) is 0 Å². The summed E-state index contributed by atoms with van der Waals surface area (Å²) in [4.78, 5) is 18.4. The highest BCUT2D eigenvalue weighted by Crippen LogP contribution is 2.35. The van der Waals surface area contributed by atoms with Crippen molar-refractivity contribution in [1.29, 1.82) is 0 Å². The molecular formula is C27H33ClN2O4S2. The number of methoxy groups -OCH3 is 1. The van der Waals surface area contributed by atoms with Crippen molar-refractivity contribution in [3.05, 3.63) is 52.5 Å². The Hall–Kier alpha value is -1.84. The number of nitrogens with zero attached hydrogens (tertiary/aromatic N) is 2. The van der Waals surface area contributed by atoms with Gasteiger partial charge < -0.3 is 19.8 Å². The number of carboxylic acid groups (broad SMARTS) is 1. The molecule has 2 N–H and O–H groups in total. The molecule has 0 saturated carbocycles. The quantitative estimate of drug-likeness (QED) is 0.201. The number of benzene rings is 1. The second kappa shape index (κ2) is 13.1. The molecule has 0 unspecified atom stereocenters. The van der Waals surface area contributed by atoms with E-state index in [2.05, 4.69) is 16.0 Å². The van der Waals surface area contributed by atoms with E-state index in [1.165, 1.54) is 4.21 Å². The smallest absolute Gasteiger partial charge is 0.303 e. The Kier molecular flexibility index (Phi) is 9.90. The average molecular weight is 549 g/mol. The fourth-order valence-corrected chi connectivity index (χ4v) is 7.43. The molecule has 2 aromatic heterocycles. The SMILES string of the molecule is COc1ccc2nccc([C@@H](O)CC[C@@H]3CCN(CCCSc4ccc(Cl)s4)C[C@@H]3CC(=O)O)c2c1. The molecule has 0 bridgehead atoms.